The predicted octanol–water partition coefficient (Wildman–Crippen LogP) is -0.304. The van der Waals surface area contributed by atoms with Gasteiger partial charge in [-0.3, -0.25) is 0 Å². The van der Waals surface area contributed by atoms with Crippen LogP contribution in [0.5, 0.6) is 0 Å². The van der Waals surface area contributed by atoms with Gasteiger partial charge in [-0.05, 0) is 25.5 Å². The molecule has 3 heterocycles. The van der Waals surface area contributed by atoms with Crippen LogP contribution in [0.3, 0.4) is 0 Å². The Hall–Kier alpha value is -1.92. The minimum absolute atomic E-state index is 0.0347. The lowest BCUT2D eigenvalue weighted by atomic mass is 9.91. The van der Waals surface area contributed by atoms with Crippen molar-refractivity contribution in [3.05, 3.63) is 35.5 Å². The van der Waals surface area contributed by atoms with Crippen molar-refractivity contribution in [2.75, 3.05) is 19.7 Å². The SMILES string of the molecule is C=C1C/C(=C/C)C(=O)O[C@H]2CC[NH+]3CC=C(COC(=O)[C@@]1(C)O)[C@@H]23. The molecular formula is C18H24NO5+. The van der Waals surface area contributed by atoms with Crippen LogP contribution in [0.15, 0.2) is 35.5 Å². The highest BCUT2D eigenvalue weighted by Crippen LogP contribution is 2.27. The van der Waals surface area contributed by atoms with Gasteiger partial charge >= 0.3 is 11.9 Å². The van der Waals surface area contributed by atoms with Gasteiger partial charge in [0.05, 0.1) is 13.1 Å². The van der Waals surface area contributed by atoms with E-state index in [0.29, 0.717) is 5.57 Å². The quantitative estimate of drug-likeness (QED) is 0.361. The summed E-state index contributed by atoms with van der Waals surface area (Å²) in [6.45, 7) is 8.73. The molecule has 24 heavy (non-hydrogen) atoms. The second kappa shape index (κ2) is 6.18. The normalized spacial score (nSPS) is 38.8. The summed E-state index contributed by atoms with van der Waals surface area (Å²) in [5, 5.41) is 10.5. The zero-order valence-corrected chi connectivity index (χ0v) is 14.1. The molecule has 4 atom stereocenters. The summed E-state index contributed by atoms with van der Waals surface area (Å²) in [5.41, 5.74) is -0.272. The van der Waals surface area contributed by atoms with Crippen LogP contribution in [0.2, 0.25) is 0 Å². The monoisotopic (exact) mass is 334 g/mol. The van der Waals surface area contributed by atoms with Crippen molar-refractivity contribution in [3.63, 3.8) is 0 Å². The molecule has 0 bridgehead atoms. The van der Waals surface area contributed by atoms with E-state index in [1.165, 1.54) is 11.8 Å². The number of rotatable bonds is 0. The number of carbonyl (C=O) groups is 2. The molecule has 2 N–H and O–H groups in total. The van der Waals surface area contributed by atoms with Gasteiger partial charge in [-0.15, -0.1) is 0 Å². The third-order valence-corrected chi connectivity index (χ3v) is 5.32. The Balaban J connectivity index is 1.92. The molecule has 0 radical (unpaired) electrons. The standard InChI is InChI=1S/C18H23NO5/c1-4-12-9-11(2)18(3,22)17(21)23-10-13-5-7-19-8-6-14(15(13)19)24-16(12)20/h4-5,14-15,22H,2,6-10H2,1,3H3/p+1/b12-4-/t14-,15-,18-/m0/s1. The van der Waals surface area contributed by atoms with Gasteiger partial charge in [0, 0.05) is 24.0 Å². The maximum atomic E-state index is 12.5. The Morgan fingerprint density at radius 2 is 2.21 bits per heavy atom. The van der Waals surface area contributed by atoms with E-state index in [1.807, 2.05) is 6.08 Å². The first-order valence-corrected chi connectivity index (χ1v) is 8.32. The average molecular weight is 334 g/mol. The van der Waals surface area contributed by atoms with Crippen LogP contribution in [0.25, 0.3) is 0 Å². The Kier molecular flexibility index (Phi) is 4.36. The third-order valence-electron chi connectivity index (χ3n) is 5.32. The second-order valence-corrected chi connectivity index (χ2v) is 6.84. The molecule has 2 fully saturated rings. The third kappa shape index (κ3) is 2.80. The van der Waals surface area contributed by atoms with Crippen molar-refractivity contribution in [1.82, 2.24) is 0 Å². The van der Waals surface area contributed by atoms with Crippen molar-refractivity contribution in [2.24, 2.45) is 0 Å². The van der Waals surface area contributed by atoms with Crippen molar-refractivity contribution in [2.45, 2.75) is 44.4 Å². The van der Waals surface area contributed by atoms with E-state index in [-0.39, 0.29) is 30.7 Å². The van der Waals surface area contributed by atoms with Gasteiger partial charge in [-0.2, -0.15) is 0 Å². The van der Waals surface area contributed by atoms with E-state index >= 15 is 0 Å². The summed E-state index contributed by atoms with van der Waals surface area (Å²) in [6, 6.07) is 0.0347. The maximum absolute atomic E-state index is 12.5. The molecule has 6 nitrogen and oxygen atoms in total. The average Bonchev–Trinajstić information content (AvgIpc) is 3.12. The Morgan fingerprint density at radius 3 is 2.92 bits per heavy atom. The molecule has 0 spiro atoms. The predicted molar refractivity (Wildman–Crippen MR) is 86.2 cm³/mol. The van der Waals surface area contributed by atoms with Crippen molar-refractivity contribution < 1.29 is 29.1 Å². The van der Waals surface area contributed by atoms with Crippen LogP contribution in [0.4, 0.5) is 0 Å². The summed E-state index contributed by atoms with van der Waals surface area (Å²) >= 11 is 0. The lowest BCUT2D eigenvalue weighted by Crippen LogP contribution is -3.12. The molecule has 0 amide bonds. The highest BCUT2D eigenvalue weighted by molar-refractivity contribution is 5.90. The van der Waals surface area contributed by atoms with Crippen LogP contribution in [-0.2, 0) is 19.1 Å². The molecule has 2 saturated heterocycles. The lowest BCUT2D eigenvalue weighted by molar-refractivity contribution is -0.896. The summed E-state index contributed by atoms with van der Waals surface area (Å²) in [6.07, 6.45) is 4.36. The molecule has 0 aliphatic carbocycles. The second-order valence-electron chi connectivity index (χ2n) is 6.84. The van der Waals surface area contributed by atoms with E-state index in [2.05, 4.69) is 6.58 Å². The minimum Gasteiger partial charge on any atom is -0.459 e. The number of cyclic esters (lactones) is 1. The first-order chi connectivity index (χ1) is 11.3. The van der Waals surface area contributed by atoms with E-state index in [4.69, 9.17) is 9.47 Å². The number of ether oxygens (including phenoxy) is 2. The molecule has 0 aromatic carbocycles. The number of hydrogen-bond donors (Lipinski definition) is 2. The van der Waals surface area contributed by atoms with Crippen LogP contribution in [0, 0.1) is 0 Å². The molecular weight excluding hydrogens is 310 g/mol. The summed E-state index contributed by atoms with van der Waals surface area (Å²) in [7, 11) is 0. The zero-order valence-electron chi connectivity index (χ0n) is 14.1. The number of hydrogen-bond acceptors (Lipinski definition) is 5. The summed E-state index contributed by atoms with van der Waals surface area (Å²) in [5.74, 6) is -1.14. The maximum Gasteiger partial charge on any atom is 0.342 e. The fourth-order valence-corrected chi connectivity index (χ4v) is 3.65. The fraction of sp³-hybridized carbons (Fsp3) is 0.556. The molecule has 0 saturated carbocycles. The zero-order chi connectivity index (χ0) is 17.5. The summed E-state index contributed by atoms with van der Waals surface area (Å²) in [4.78, 5) is 26.1. The lowest BCUT2D eigenvalue weighted by Gasteiger charge is -2.27. The molecule has 6 heteroatoms. The number of aliphatic hydroxyl groups is 1. The summed E-state index contributed by atoms with van der Waals surface area (Å²) < 4.78 is 11.1. The number of carbonyl (C=O) groups excluding carboxylic acids is 2. The first-order valence-electron chi connectivity index (χ1n) is 8.32. The van der Waals surface area contributed by atoms with Gasteiger partial charge in [0.15, 0.2) is 17.7 Å². The van der Waals surface area contributed by atoms with Crippen LogP contribution >= 0.6 is 0 Å². The van der Waals surface area contributed by atoms with Crippen LogP contribution < -0.4 is 4.90 Å². The van der Waals surface area contributed by atoms with E-state index in [0.717, 1.165) is 25.1 Å². The molecule has 3 aliphatic heterocycles. The fourth-order valence-electron chi connectivity index (χ4n) is 3.65. The van der Waals surface area contributed by atoms with E-state index in [1.54, 1.807) is 13.0 Å². The number of esters is 2. The van der Waals surface area contributed by atoms with Gasteiger partial charge in [0.1, 0.15) is 6.61 Å². The van der Waals surface area contributed by atoms with E-state index < -0.39 is 17.5 Å². The molecule has 130 valence electrons. The molecule has 0 aromatic heterocycles. The van der Waals surface area contributed by atoms with E-state index in [9.17, 15) is 14.7 Å². The highest BCUT2D eigenvalue weighted by Gasteiger charge is 2.47. The Labute approximate surface area is 141 Å². The smallest absolute Gasteiger partial charge is 0.342 e. The molecule has 0 aromatic rings. The molecule has 3 rings (SSSR count). The number of quaternary nitrogens is 1. The topological polar surface area (TPSA) is 77.3 Å². The number of nitrogens with one attached hydrogen (secondary N) is 1. The molecule has 1 unspecified atom stereocenters. The van der Waals surface area contributed by atoms with Crippen molar-refractivity contribution >= 4 is 11.9 Å². The highest BCUT2D eigenvalue weighted by atomic mass is 16.6. The van der Waals surface area contributed by atoms with Crippen LogP contribution in [0.1, 0.15) is 26.7 Å². The Bertz CT molecular complexity index is 646. The van der Waals surface area contributed by atoms with Gasteiger partial charge < -0.3 is 19.5 Å². The van der Waals surface area contributed by atoms with Crippen molar-refractivity contribution in [3.8, 4) is 0 Å². The number of allylic oxidation sites excluding steroid dienone is 1. The van der Waals surface area contributed by atoms with Gasteiger partial charge in [-0.1, -0.05) is 12.7 Å². The first kappa shape index (κ1) is 16.9. The van der Waals surface area contributed by atoms with Crippen LogP contribution in [-0.4, -0.2) is 54.5 Å². The Morgan fingerprint density at radius 1 is 1.46 bits per heavy atom. The minimum atomic E-state index is -1.84. The van der Waals surface area contributed by atoms with Gasteiger partial charge in [-0.25, -0.2) is 9.59 Å². The molecule has 3 aliphatic rings. The van der Waals surface area contributed by atoms with Gasteiger partial charge in [0.2, 0.25) is 0 Å². The van der Waals surface area contributed by atoms with Gasteiger partial charge in [0.25, 0.3) is 0 Å². The largest absolute Gasteiger partial charge is 0.459 e. The van der Waals surface area contributed by atoms with Crippen molar-refractivity contribution in [1.29, 1.82) is 0 Å².